The summed E-state index contributed by atoms with van der Waals surface area (Å²) >= 11 is 12.5. The van der Waals surface area contributed by atoms with Gasteiger partial charge >= 0.3 is 12.1 Å². The molecule has 2 bridgehead atoms. The molecule has 1 aliphatic carbocycles. The molecule has 3 aromatic carbocycles. The summed E-state index contributed by atoms with van der Waals surface area (Å²) in [6, 6.07) is 17.1. The number of alkyl halides is 3. The summed E-state index contributed by atoms with van der Waals surface area (Å²) in [5.41, 5.74) is 4.55. The number of aryl methyl sites for hydroxylation is 1. The first-order valence-corrected chi connectivity index (χ1v) is 18.1. The van der Waals surface area contributed by atoms with Crippen molar-refractivity contribution >= 4 is 40.7 Å². The number of piperidine rings is 1. The zero-order valence-corrected chi connectivity index (χ0v) is 30.4. The van der Waals surface area contributed by atoms with Gasteiger partial charge in [0.2, 0.25) is 11.6 Å². The van der Waals surface area contributed by atoms with Crippen molar-refractivity contribution in [2.45, 2.75) is 44.2 Å². The summed E-state index contributed by atoms with van der Waals surface area (Å²) < 4.78 is 47.7. The number of aromatic nitrogens is 2. The quantitative estimate of drug-likeness (QED) is 0.134. The Morgan fingerprint density at radius 2 is 1.59 bits per heavy atom. The molecule has 54 heavy (non-hydrogen) atoms. The summed E-state index contributed by atoms with van der Waals surface area (Å²) in [6.45, 7) is 4.19. The molecule has 1 amide bonds. The fourth-order valence-corrected chi connectivity index (χ4v) is 7.44. The third-order valence-corrected chi connectivity index (χ3v) is 10.4. The van der Waals surface area contributed by atoms with Gasteiger partial charge in [0.05, 0.1) is 35.5 Å². The maximum atomic E-state index is 13.5. The second kappa shape index (κ2) is 15.7. The van der Waals surface area contributed by atoms with Crippen LogP contribution >= 0.6 is 23.2 Å². The zero-order chi connectivity index (χ0) is 38.1. The first-order chi connectivity index (χ1) is 25.9. The smallest absolute Gasteiger partial charge is 0.379 e. The number of amides is 1. The predicted molar refractivity (Wildman–Crippen MR) is 195 cm³/mol. The molecule has 1 aromatic heterocycles. The molecule has 8 rings (SSSR count). The zero-order valence-electron chi connectivity index (χ0n) is 28.9. The standard InChI is InChI=1S/C39H35Cl2F3N6O4/c40-29-11-7-26(8-12-29)22-48(38(53)39(42,43)44)21-25-4-2-24(3-5-25)6-9-27-20-28(10-13-31(27)41)33-32-34(30-23-49(45)35(32)37(52)36(30)51)50(46-33)15-1-14-47-16-18-54-19-17-47/h2-5,7-8,10-13,20,30,35H,1,14-19,21-23,45H2. The highest BCUT2D eigenvalue weighted by Gasteiger charge is 2.52. The number of hydrazine groups is 1. The van der Waals surface area contributed by atoms with Crippen LogP contribution in [0.5, 0.6) is 0 Å². The molecule has 280 valence electrons. The van der Waals surface area contributed by atoms with E-state index >= 15 is 0 Å². The van der Waals surface area contributed by atoms with Crippen LogP contribution in [0, 0.1) is 11.8 Å². The average molecular weight is 780 g/mol. The highest BCUT2D eigenvalue weighted by Crippen LogP contribution is 2.46. The van der Waals surface area contributed by atoms with Crippen molar-refractivity contribution in [1.29, 1.82) is 0 Å². The third kappa shape index (κ3) is 7.95. The van der Waals surface area contributed by atoms with Crippen molar-refractivity contribution in [2.75, 3.05) is 39.4 Å². The van der Waals surface area contributed by atoms with Gasteiger partial charge in [-0.2, -0.15) is 18.3 Å². The van der Waals surface area contributed by atoms with Crippen molar-refractivity contribution in [3.05, 3.63) is 110 Å². The number of benzene rings is 3. The normalized spacial score (nSPS) is 18.7. The largest absolute Gasteiger partial charge is 0.471 e. The Morgan fingerprint density at radius 3 is 2.26 bits per heavy atom. The van der Waals surface area contributed by atoms with Gasteiger partial charge in [0.15, 0.2) is 0 Å². The number of ether oxygens (including phenoxy) is 1. The first-order valence-electron chi connectivity index (χ1n) is 17.4. The van der Waals surface area contributed by atoms with E-state index in [4.69, 9.17) is 38.9 Å². The van der Waals surface area contributed by atoms with E-state index < -0.39 is 35.6 Å². The fraction of sp³-hybridized carbons (Fsp3) is 0.333. The van der Waals surface area contributed by atoms with E-state index in [-0.39, 0.29) is 19.6 Å². The van der Waals surface area contributed by atoms with Gasteiger partial charge in [-0.25, -0.2) is 5.01 Å². The molecule has 4 heterocycles. The van der Waals surface area contributed by atoms with E-state index in [1.807, 2.05) is 4.68 Å². The Bertz CT molecular complexity index is 2140. The Balaban J connectivity index is 1.13. The summed E-state index contributed by atoms with van der Waals surface area (Å²) in [6.07, 6.45) is -4.25. The van der Waals surface area contributed by atoms with Gasteiger partial charge in [-0.05, 0) is 53.9 Å². The number of hydrogen-bond donors (Lipinski definition) is 1. The van der Waals surface area contributed by atoms with E-state index in [2.05, 4.69) is 16.7 Å². The van der Waals surface area contributed by atoms with Gasteiger partial charge in [-0.15, -0.1) is 0 Å². The SMILES string of the molecule is NN1CC2C(=O)C(=O)C1c1c(-c3ccc(Cl)c(C#Cc4ccc(CN(Cc5ccc(Cl)cc5)C(=O)C(F)(F)F)cc4)c3)nn(CCCN3CCOCC3)c12. The number of rotatable bonds is 9. The van der Waals surface area contributed by atoms with Crippen LogP contribution in [0.1, 0.15) is 51.9 Å². The number of hydrogen-bond acceptors (Lipinski definition) is 8. The van der Waals surface area contributed by atoms with Crippen LogP contribution < -0.4 is 5.84 Å². The number of carbonyl (C=O) groups is 3. The van der Waals surface area contributed by atoms with Crippen LogP contribution in [0.2, 0.25) is 10.0 Å². The molecule has 0 radical (unpaired) electrons. The number of morpholine rings is 1. The van der Waals surface area contributed by atoms with Crippen LogP contribution in [0.15, 0.2) is 66.7 Å². The predicted octanol–water partition coefficient (Wildman–Crippen LogP) is 5.54. The number of ketones is 2. The maximum Gasteiger partial charge on any atom is 0.471 e. The minimum Gasteiger partial charge on any atom is -0.379 e. The van der Waals surface area contributed by atoms with Crippen molar-refractivity contribution in [1.82, 2.24) is 24.6 Å². The lowest BCUT2D eigenvalue weighted by Crippen LogP contribution is -2.56. The second-order valence-corrected chi connectivity index (χ2v) is 14.3. The van der Waals surface area contributed by atoms with E-state index in [1.54, 1.807) is 66.7 Å². The van der Waals surface area contributed by atoms with E-state index in [9.17, 15) is 27.6 Å². The third-order valence-electron chi connectivity index (χ3n) is 9.84. The van der Waals surface area contributed by atoms with Crippen LogP contribution in [0.25, 0.3) is 11.3 Å². The van der Waals surface area contributed by atoms with Crippen LogP contribution in [-0.4, -0.2) is 87.6 Å². The molecule has 2 unspecified atom stereocenters. The number of halogens is 5. The Labute approximate surface area is 319 Å². The highest BCUT2D eigenvalue weighted by atomic mass is 35.5. The van der Waals surface area contributed by atoms with Crippen molar-refractivity contribution in [3.8, 4) is 23.1 Å². The number of nitrogens with zero attached hydrogens (tertiary/aromatic N) is 5. The molecule has 3 aliphatic heterocycles. The Hall–Kier alpha value is -4.55. The summed E-state index contributed by atoms with van der Waals surface area (Å²) in [5, 5.41) is 7.18. The van der Waals surface area contributed by atoms with Crippen molar-refractivity contribution in [3.63, 3.8) is 0 Å². The van der Waals surface area contributed by atoms with Crippen LogP contribution in [0.4, 0.5) is 13.2 Å². The molecule has 2 N–H and O–H groups in total. The van der Waals surface area contributed by atoms with Gasteiger partial charge in [0.1, 0.15) is 6.04 Å². The number of carbonyl (C=O) groups excluding carboxylic acids is 3. The van der Waals surface area contributed by atoms with Gasteiger partial charge in [-0.3, -0.25) is 29.8 Å². The highest BCUT2D eigenvalue weighted by molar-refractivity contribution is 6.43. The summed E-state index contributed by atoms with van der Waals surface area (Å²) in [4.78, 5) is 41.6. The average Bonchev–Trinajstić information content (AvgIpc) is 3.53. The lowest BCUT2D eigenvalue weighted by atomic mass is 9.76. The molecule has 10 nitrogen and oxygen atoms in total. The van der Waals surface area contributed by atoms with E-state index in [1.165, 1.54) is 5.01 Å². The van der Waals surface area contributed by atoms with Crippen LogP contribution in [-0.2, 0) is 38.8 Å². The monoisotopic (exact) mass is 778 g/mol. The molecular formula is C39H35Cl2F3N6O4. The van der Waals surface area contributed by atoms with Gasteiger partial charge < -0.3 is 9.64 Å². The molecule has 0 saturated carbocycles. The summed E-state index contributed by atoms with van der Waals surface area (Å²) in [5.74, 6) is 8.77. The number of nitrogens with two attached hydrogens (primary N) is 1. The molecular weight excluding hydrogens is 744 g/mol. The number of Topliss-reactive ketones (excluding diaryl/α,β-unsaturated/α-hetero) is 2. The second-order valence-electron chi connectivity index (χ2n) is 13.5. The fourth-order valence-electron chi connectivity index (χ4n) is 7.15. The summed E-state index contributed by atoms with van der Waals surface area (Å²) in [7, 11) is 0. The molecule has 0 spiro atoms. The minimum absolute atomic E-state index is 0.228. The minimum atomic E-state index is -5.04. The lowest BCUT2D eigenvalue weighted by Gasteiger charge is -2.40. The van der Waals surface area contributed by atoms with E-state index in [0.29, 0.717) is 68.9 Å². The van der Waals surface area contributed by atoms with Gasteiger partial charge in [-0.1, -0.05) is 65.4 Å². The Morgan fingerprint density at radius 1 is 0.926 bits per heavy atom. The molecule has 2 saturated heterocycles. The number of fused-ring (bicyclic) bond motifs is 2. The van der Waals surface area contributed by atoms with Crippen molar-refractivity contribution in [2.24, 2.45) is 5.84 Å². The Kier molecular flexibility index (Phi) is 11.0. The topological polar surface area (TPSA) is 114 Å². The van der Waals surface area contributed by atoms with Crippen LogP contribution in [0.3, 0.4) is 0 Å². The first kappa shape index (κ1) is 37.8. The molecule has 2 atom stereocenters. The van der Waals surface area contributed by atoms with Gasteiger partial charge in [0, 0.05) is 73.1 Å². The van der Waals surface area contributed by atoms with Crippen molar-refractivity contribution < 1.29 is 32.3 Å². The lowest BCUT2D eigenvalue weighted by molar-refractivity contribution is -0.186. The molecule has 15 heteroatoms. The van der Waals surface area contributed by atoms with E-state index in [0.717, 1.165) is 36.6 Å². The van der Waals surface area contributed by atoms with Gasteiger partial charge in [0.25, 0.3) is 0 Å². The molecule has 4 aromatic rings. The molecule has 4 aliphatic rings. The maximum absolute atomic E-state index is 13.5. The molecule has 2 fully saturated rings.